The Hall–Kier alpha value is -1.88. The summed E-state index contributed by atoms with van der Waals surface area (Å²) in [7, 11) is 3.77. The molecule has 0 spiro atoms. The van der Waals surface area contributed by atoms with Crippen molar-refractivity contribution in [3.8, 4) is 0 Å². The summed E-state index contributed by atoms with van der Waals surface area (Å²) in [6, 6.07) is 6.60. The third kappa shape index (κ3) is 6.33. The summed E-state index contributed by atoms with van der Waals surface area (Å²) in [5, 5.41) is 6.33. The molecular weight excluding hydrogens is 255 g/mol. The molecule has 0 saturated carbocycles. The van der Waals surface area contributed by atoms with Gasteiger partial charge in [0.05, 0.1) is 0 Å². The maximum Gasteiger partial charge on any atom is 0.191 e. The zero-order valence-corrected chi connectivity index (χ0v) is 12.2. The lowest BCUT2D eigenvalue weighted by atomic mass is 10.2. The summed E-state index contributed by atoms with van der Waals surface area (Å²) < 4.78 is 12.8. The van der Waals surface area contributed by atoms with Crippen LogP contribution in [0.3, 0.4) is 0 Å². The number of guanidine groups is 1. The van der Waals surface area contributed by atoms with E-state index in [1.54, 1.807) is 13.1 Å². The van der Waals surface area contributed by atoms with Crippen molar-refractivity contribution in [3.05, 3.63) is 48.3 Å². The molecule has 1 aromatic carbocycles. The molecule has 0 radical (unpaired) electrons. The molecule has 20 heavy (non-hydrogen) atoms. The minimum atomic E-state index is -0.199. The first-order valence-corrected chi connectivity index (χ1v) is 6.64. The van der Waals surface area contributed by atoms with E-state index in [1.165, 1.54) is 12.1 Å². The summed E-state index contributed by atoms with van der Waals surface area (Å²) >= 11 is 0. The Labute approximate surface area is 120 Å². The molecule has 4 nitrogen and oxygen atoms in total. The first-order valence-electron chi connectivity index (χ1n) is 6.64. The fourth-order valence-electron chi connectivity index (χ4n) is 1.74. The van der Waals surface area contributed by atoms with E-state index in [4.69, 9.17) is 0 Å². The average molecular weight is 278 g/mol. The lowest BCUT2D eigenvalue weighted by molar-refractivity contribution is 0.331. The zero-order valence-electron chi connectivity index (χ0n) is 12.2. The van der Waals surface area contributed by atoms with Crippen molar-refractivity contribution in [1.82, 2.24) is 15.5 Å². The molecule has 1 aromatic rings. The van der Waals surface area contributed by atoms with Gasteiger partial charge in [-0.15, -0.1) is 6.58 Å². The molecule has 0 aliphatic rings. The number of nitrogens with one attached hydrogen (secondary N) is 2. The quantitative estimate of drug-likeness (QED) is 0.452. The second kappa shape index (κ2) is 9.09. The van der Waals surface area contributed by atoms with Crippen molar-refractivity contribution in [2.24, 2.45) is 4.99 Å². The van der Waals surface area contributed by atoms with Gasteiger partial charge in [-0.05, 0) is 24.7 Å². The molecule has 0 saturated heterocycles. The molecule has 1 rings (SSSR count). The highest BCUT2D eigenvalue weighted by Gasteiger charge is 2.01. The van der Waals surface area contributed by atoms with Gasteiger partial charge in [-0.3, -0.25) is 4.99 Å². The Balaban J connectivity index is 2.27. The number of hydrogen-bond donors (Lipinski definition) is 2. The molecule has 0 heterocycles. The lowest BCUT2D eigenvalue weighted by Crippen LogP contribution is -2.40. The number of hydrogen-bond acceptors (Lipinski definition) is 2. The third-order valence-corrected chi connectivity index (χ3v) is 2.79. The SMILES string of the molecule is C=CCNC(=NC)NCCN(C)Cc1ccc(F)cc1. The maximum atomic E-state index is 12.8. The molecule has 0 bridgehead atoms. The molecule has 110 valence electrons. The van der Waals surface area contributed by atoms with Crippen molar-refractivity contribution in [1.29, 1.82) is 0 Å². The topological polar surface area (TPSA) is 39.7 Å². The average Bonchev–Trinajstić information content (AvgIpc) is 2.45. The van der Waals surface area contributed by atoms with Crippen LogP contribution in [0.2, 0.25) is 0 Å². The molecule has 0 atom stereocenters. The summed E-state index contributed by atoms with van der Waals surface area (Å²) in [5.74, 6) is 0.565. The molecule has 0 aliphatic heterocycles. The Morgan fingerprint density at radius 2 is 2.05 bits per heavy atom. The number of benzene rings is 1. The summed E-state index contributed by atoms with van der Waals surface area (Å²) in [6.07, 6.45) is 1.79. The molecule has 0 fully saturated rings. The van der Waals surface area contributed by atoms with E-state index in [2.05, 4.69) is 27.1 Å². The van der Waals surface area contributed by atoms with Crippen molar-refractivity contribution in [2.75, 3.05) is 33.7 Å². The Kier molecular flexibility index (Phi) is 7.35. The Bertz CT molecular complexity index is 428. The van der Waals surface area contributed by atoms with Crippen molar-refractivity contribution < 1.29 is 4.39 Å². The van der Waals surface area contributed by atoms with Crippen molar-refractivity contribution in [3.63, 3.8) is 0 Å². The van der Waals surface area contributed by atoms with Crippen LogP contribution in [0.4, 0.5) is 4.39 Å². The largest absolute Gasteiger partial charge is 0.355 e. The third-order valence-electron chi connectivity index (χ3n) is 2.79. The van der Waals surface area contributed by atoms with Gasteiger partial charge < -0.3 is 15.5 Å². The van der Waals surface area contributed by atoms with E-state index in [0.717, 1.165) is 31.2 Å². The van der Waals surface area contributed by atoms with Crippen LogP contribution >= 0.6 is 0 Å². The minimum Gasteiger partial charge on any atom is -0.355 e. The molecule has 5 heteroatoms. The van der Waals surface area contributed by atoms with Crippen molar-refractivity contribution in [2.45, 2.75) is 6.54 Å². The minimum absolute atomic E-state index is 0.199. The van der Waals surface area contributed by atoms with E-state index in [-0.39, 0.29) is 5.82 Å². The van der Waals surface area contributed by atoms with Gasteiger partial charge in [-0.2, -0.15) is 0 Å². The van der Waals surface area contributed by atoms with E-state index < -0.39 is 0 Å². The van der Waals surface area contributed by atoms with Crippen LogP contribution < -0.4 is 10.6 Å². The van der Waals surface area contributed by atoms with Crippen LogP contribution in [0.1, 0.15) is 5.56 Å². The van der Waals surface area contributed by atoms with Crippen molar-refractivity contribution >= 4 is 5.96 Å². The predicted molar refractivity (Wildman–Crippen MR) is 82.3 cm³/mol. The summed E-state index contributed by atoms with van der Waals surface area (Å²) in [6.45, 7) is 6.78. The monoisotopic (exact) mass is 278 g/mol. The molecule has 2 N–H and O–H groups in total. The summed E-state index contributed by atoms with van der Waals surface area (Å²) in [5.41, 5.74) is 1.10. The maximum absolute atomic E-state index is 12.8. The van der Waals surface area contributed by atoms with E-state index >= 15 is 0 Å². The van der Waals surface area contributed by atoms with Gasteiger partial charge in [-0.1, -0.05) is 18.2 Å². The van der Waals surface area contributed by atoms with Crippen LogP contribution in [-0.4, -0.2) is 44.6 Å². The van der Waals surface area contributed by atoms with Gasteiger partial charge in [0.25, 0.3) is 0 Å². The molecule has 0 aliphatic carbocycles. The first-order chi connectivity index (χ1) is 9.65. The van der Waals surface area contributed by atoms with Crippen LogP contribution in [0.5, 0.6) is 0 Å². The first kappa shape index (κ1) is 16.2. The number of halogens is 1. The Morgan fingerprint density at radius 3 is 2.65 bits per heavy atom. The van der Waals surface area contributed by atoms with Gasteiger partial charge in [0.2, 0.25) is 0 Å². The zero-order chi connectivity index (χ0) is 14.8. The highest BCUT2D eigenvalue weighted by atomic mass is 19.1. The van der Waals surface area contributed by atoms with Crippen LogP contribution in [0.25, 0.3) is 0 Å². The van der Waals surface area contributed by atoms with Crippen LogP contribution in [0, 0.1) is 5.82 Å². The van der Waals surface area contributed by atoms with Gasteiger partial charge in [-0.25, -0.2) is 4.39 Å². The van der Waals surface area contributed by atoms with E-state index in [9.17, 15) is 4.39 Å². The van der Waals surface area contributed by atoms with Gasteiger partial charge >= 0.3 is 0 Å². The van der Waals surface area contributed by atoms with Gasteiger partial charge in [0, 0.05) is 33.2 Å². The molecular formula is C15H23FN4. The highest BCUT2D eigenvalue weighted by Crippen LogP contribution is 2.04. The van der Waals surface area contributed by atoms with Gasteiger partial charge in [0.1, 0.15) is 5.82 Å². The van der Waals surface area contributed by atoms with Gasteiger partial charge in [0.15, 0.2) is 5.96 Å². The van der Waals surface area contributed by atoms with E-state index in [1.807, 2.05) is 19.2 Å². The fourth-order valence-corrected chi connectivity index (χ4v) is 1.74. The van der Waals surface area contributed by atoms with Crippen LogP contribution in [0.15, 0.2) is 41.9 Å². The predicted octanol–water partition coefficient (Wildman–Crippen LogP) is 1.61. The molecule has 0 unspecified atom stereocenters. The second-order valence-electron chi connectivity index (χ2n) is 4.53. The standard InChI is InChI=1S/C15H23FN4/c1-4-9-18-15(17-2)19-10-11-20(3)12-13-5-7-14(16)8-6-13/h4-8H,1,9-12H2,2-3H3,(H2,17,18,19). The molecule has 0 amide bonds. The number of likely N-dealkylation sites (N-methyl/N-ethyl adjacent to an activating group) is 1. The van der Waals surface area contributed by atoms with Crippen LogP contribution in [-0.2, 0) is 6.54 Å². The fraction of sp³-hybridized carbons (Fsp3) is 0.400. The number of nitrogens with zero attached hydrogens (tertiary/aromatic N) is 2. The second-order valence-corrected chi connectivity index (χ2v) is 4.53. The highest BCUT2D eigenvalue weighted by molar-refractivity contribution is 5.79. The number of aliphatic imine (C=N–C) groups is 1. The van der Waals surface area contributed by atoms with E-state index in [0.29, 0.717) is 6.54 Å². The number of rotatable bonds is 7. The molecule has 0 aromatic heterocycles. The summed E-state index contributed by atoms with van der Waals surface area (Å²) in [4.78, 5) is 6.27. The normalized spacial score (nSPS) is 11.5. The Morgan fingerprint density at radius 1 is 1.35 bits per heavy atom. The smallest absolute Gasteiger partial charge is 0.191 e. The lowest BCUT2D eigenvalue weighted by Gasteiger charge is -2.18.